The summed E-state index contributed by atoms with van der Waals surface area (Å²) >= 11 is 0. The van der Waals surface area contributed by atoms with E-state index in [1.165, 1.54) is 7.11 Å². The van der Waals surface area contributed by atoms with Crippen molar-refractivity contribution in [1.82, 2.24) is 0 Å². The molecule has 0 aliphatic heterocycles. The molecule has 0 heterocycles. The van der Waals surface area contributed by atoms with Crippen molar-refractivity contribution in [3.63, 3.8) is 0 Å². The summed E-state index contributed by atoms with van der Waals surface area (Å²) in [5.41, 5.74) is 6.65. The highest BCUT2D eigenvalue weighted by Gasteiger charge is 2.16. The first-order valence-corrected chi connectivity index (χ1v) is 3.74. The number of carbonyl (C=O) groups is 1. The van der Waals surface area contributed by atoms with Crippen molar-refractivity contribution in [3.8, 4) is 5.75 Å². The Morgan fingerprint density at radius 3 is 2.54 bits per heavy atom. The third kappa shape index (κ3) is 1.56. The maximum atomic E-state index is 10.8. The van der Waals surface area contributed by atoms with E-state index in [9.17, 15) is 4.79 Å². The van der Waals surface area contributed by atoms with E-state index in [1.54, 1.807) is 19.1 Å². The molecule has 0 spiro atoms. The van der Waals surface area contributed by atoms with Crippen LogP contribution in [0.2, 0.25) is 0 Å². The number of hydrogen-bond donors (Lipinski definition) is 2. The first kappa shape index (κ1) is 9.38. The van der Waals surface area contributed by atoms with Gasteiger partial charge in [-0.3, -0.25) is 0 Å². The zero-order valence-corrected chi connectivity index (χ0v) is 7.50. The van der Waals surface area contributed by atoms with Gasteiger partial charge in [-0.15, -0.1) is 0 Å². The molecule has 0 fully saturated rings. The van der Waals surface area contributed by atoms with Gasteiger partial charge in [-0.05, 0) is 18.6 Å². The molecule has 4 heteroatoms. The molecule has 0 bridgehead atoms. The first-order valence-electron chi connectivity index (χ1n) is 3.74. The standard InChI is InChI=1S/C9H11NO3/c1-5-3-4-6(10)8(13-2)7(5)9(11)12/h3-4H,10H2,1-2H3,(H,11,12). The number of aryl methyl sites for hydroxylation is 1. The Morgan fingerprint density at radius 1 is 1.54 bits per heavy atom. The summed E-state index contributed by atoms with van der Waals surface area (Å²) < 4.78 is 4.91. The van der Waals surface area contributed by atoms with Gasteiger partial charge >= 0.3 is 5.97 Å². The molecule has 70 valence electrons. The van der Waals surface area contributed by atoms with Gasteiger partial charge in [-0.1, -0.05) is 6.07 Å². The summed E-state index contributed by atoms with van der Waals surface area (Å²) in [4.78, 5) is 10.8. The molecule has 0 aromatic heterocycles. The molecule has 0 aliphatic carbocycles. The molecular weight excluding hydrogens is 170 g/mol. The normalized spacial score (nSPS) is 9.69. The number of anilines is 1. The number of aromatic carboxylic acids is 1. The fraction of sp³-hybridized carbons (Fsp3) is 0.222. The molecule has 1 aromatic rings. The largest absolute Gasteiger partial charge is 0.494 e. The van der Waals surface area contributed by atoms with Crippen molar-refractivity contribution in [2.75, 3.05) is 12.8 Å². The van der Waals surface area contributed by atoms with Crippen LogP contribution in [0.3, 0.4) is 0 Å². The molecule has 0 unspecified atom stereocenters. The number of carboxylic acids is 1. The van der Waals surface area contributed by atoms with Gasteiger partial charge < -0.3 is 15.6 Å². The Kier molecular flexibility index (Phi) is 2.41. The molecule has 0 atom stereocenters. The van der Waals surface area contributed by atoms with Gasteiger partial charge in [0.15, 0.2) is 5.75 Å². The Labute approximate surface area is 75.9 Å². The van der Waals surface area contributed by atoms with Crippen molar-refractivity contribution in [2.24, 2.45) is 0 Å². The number of methoxy groups -OCH3 is 1. The van der Waals surface area contributed by atoms with E-state index in [4.69, 9.17) is 15.6 Å². The number of ether oxygens (including phenoxy) is 1. The van der Waals surface area contributed by atoms with E-state index in [2.05, 4.69) is 0 Å². The van der Waals surface area contributed by atoms with Crippen LogP contribution in [0, 0.1) is 6.92 Å². The summed E-state index contributed by atoms with van der Waals surface area (Å²) in [5.74, 6) is -0.797. The van der Waals surface area contributed by atoms with Crippen LogP contribution in [0.1, 0.15) is 15.9 Å². The number of hydrogen-bond acceptors (Lipinski definition) is 3. The Hall–Kier alpha value is -1.71. The van der Waals surface area contributed by atoms with Crippen LogP contribution >= 0.6 is 0 Å². The van der Waals surface area contributed by atoms with Gasteiger partial charge in [-0.2, -0.15) is 0 Å². The smallest absolute Gasteiger partial charge is 0.339 e. The average Bonchev–Trinajstić information content (AvgIpc) is 2.07. The molecule has 13 heavy (non-hydrogen) atoms. The van der Waals surface area contributed by atoms with E-state index in [-0.39, 0.29) is 11.3 Å². The van der Waals surface area contributed by atoms with E-state index in [0.29, 0.717) is 11.3 Å². The van der Waals surface area contributed by atoms with Gasteiger partial charge in [0.2, 0.25) is 0 Å². The minimum atomic E-state index is -1.03. The highest BCUT2D eigenvalue weighted by molar-refractivity contribution is 5.94. The van der Waals surface area contributed by atoms with Crippen LogP contribution in [0.15, 0.2) is 12.1 Å². The molecule has 0 amide bonds. The monoisotopic (exact) mass is 181 g/mol. The molecular formula is C9H11NO3. The van der Waals surface area contributed by atoms with Gasteiger partial charge in [-0.25, -0.2) is 4.79 Å². The van der Waals surface area contributed by atoms with Gasteiger partial charge in [0.1, 0.15) is 5.56 Å². The van der Waals surface area contributed by atoms with Gasteiger partial charge in [0.05, 0.1) is 12.8 Å². The SMILES string of the molecule is COc1c(N)ccc(C)c1C(=O)O. The van der Waals surface area contributed by atoms with Crippen molar-refractivity contribution >= 4 is 11.7 Å². The Morgan fingerprint density at radius 2 is 2.15 bits per heavy atom. The second-order valence-corrected chi connectivity index (χ2v) is 2.69. The zero-order valence-electron chi connectivity index (χ0n) is 7.50. The predicted molar refractivity (Wildman–Crippen MR) is 49.1 cm³/mol. The van der Waals surface area contributed by atoms with Crippen molar-refractivity contribution in [2.45, 2.75) is 6.92 Å². The first-order chi connectivity index (χ1) is 6.07. The highest BCUT2D eigenvalue weighted by Crippen LogP contribution is 2.28. The van der Waals surface area contributed by atoms with Crippen molar-refractivity contribution < 1.29 is 14.6 Å². The minimum Gasteiger partial charge on any atom is -0.494 e. The lowest BCUT2D eigenvalue weighted by atomic mass is 10.1. The average molecular weight is 181 g/mol. The van der Waals surface area contributed by atoms with Crippen molar-refractivity contribution in [3.05, 3.63) is 23.3 Å². The second kappa shape index (κ2) is 3.35. The quantitative estimate of drug-likeness (QED) is 0.674. The summed E-state index contributed by atoms with van der Waals surface area (Å²) in [6.45, 7) is 1.70. The summed E-state index contributed by atoms with van der Waals surface area (Å²) in [6, 6.07) is 3.28. The topological polar surface area (TPSA) is 72.5 Å². The second-order valence-electron chi connectivity index (χ2n) is 2.69. The van der Waals surface area contributed by atoms with Crippen LogP contribution < -0.4 is 10.5 Å². The van der Waals surface area contributed by atoms with Gasteiger partial charge in [0, 0.05) is 0 Å². The molecule has 3 N–H and O–H groups in total. The lowest BCUT2D eigenvalue weighted by Crippen LogP contribution is -2.05. The van der Waals surface area contributed by atoms with E-state index in [0.717, 1.165) is 0 Å². The van der Waals surface area contributed by atoms with E-state index in [1.807, 2.05) is 0 Å². The fourth-order valence-corrected chi connectivity index (χ4v) is 1.18. The molecule has 0 saturated heterocycles. The Bertz CT molecular complexity index is 347. The molecule has 4 nitrogen and oxygen atoms in total. The maximum Gasteiger partial charge on any atom is 0.339 e. The third-order valence-corrected chi connectivity index (χ3v) is 1.81. The minimum absolute atomic E-state index is 0.127. The number of nitrogens with two attached hydrogens (primary N) is 1. The zero-order chi connectivity index (χ0) is 10.0. The van der Waals surface area contributed by atoms with E-state index >= 15 is 0 Å². The highest BCUT2D eigenvalue weighted by atomic mass is 16.5. The number of nitrogen functional groups attached to an aromatic ring is 1. The lowest BCUT2D eigenvalue weighted by molar-refractivity contribution is 0.0692. The Balaban J connectivity index is 3.43. The van der Waals surface area contributed by atoms with Crippen LogP contribution in [0.5, 0.6) is 5.75 Å². The molecule has 1 rings (SSSR count). The van der Waals surface area contributed by atoms with Crippen LogP contribution in [0.25, 0.3) is 0 Å². The van der Waals surface area contributed by atoms with Crippen LogP contribution in [0.4, 0.5) is 5.69 Å². The number of carboxylic acid groups (broad SMARTS) is 1. The molecule has 1 aromatic carbocycles. The lowest BCUT2D eigenvalue weighted by Gasteiger charge is -2.09. The summed E-state index contributed by atoms with van der Waals surface area (Å²) in [5, 5.41) is 8.87. The maximum absolute atomic E-state index is 10.8. The van der Waals surface area contributed by atoms with Gasteiger partial charge in [0.25, 0.3) is 0 Å². The molecule has 0 aliphatic rings. The van der Waals surface area contributed by atoms with Crippen LogP contribution in [-0.4, -0.2) is 18.2 Å². The fourth-order valence-electron chi connectivity index (χ4n) is 1.18. The summed E-state index contributed by atoms with van der Waals surface area (Å²) in [7, 11) is 1.40. The molecule has 0 radical (unpaired) electrons. The van der Waals surface area contributed by atoms with Crippen molar-refractivity contribution in [1.29, 1.82) is 0 Å². The number of rotatable bonds is 2. The van der Waals surface area contributed by atoms with E-state index < -0.39 is 5.97 Å². The number of benzene rings is 1. The summed E-state index contributed by atoms with van der Waals surface area (Å²) in [6.07, 6.45) is 0. The third-order valence-electron chi connectivity index (χ3n) is 1.81. The predicted octanol–water partition coefficient (Wildman–Crippen LogP) is 1.28. The molecule has 0 saturated carbocycles. The van der Waals surface area contributed by atoms with Crippen LogP contribution in [-0.2, 0) is 0 Å².